The Labute approximate surface area is 97.5 Å². The van der Waals surface area contributed by atoms with E-state index in [1.807, 2.05) is 19.3 Å². The van der Waals surface area contributed by atoms with Crippen LogP contribution in [0, 0.1) is 0 Å². The molecule has 1 rings (SSSR count). The van der Waals surface area contributed by atoms with Crippen LogP contribution in [0.2, 0.25) is 0 Å². The van der Waals surface area contributed by atoms with Gasteiger partial charge in [-0.3, -0.25) is 0 Å². The van der Waals surface area contributed by atoms with Crippen molar-refractivity contribution in [3.63, 3.8) is 0 Å². The van der Waals surface area contributed by atoms with Crippen molar-refractivity contribution in [2.45, 2.75) is 25.8 Å². The zero-order valence-electron chi connectivity index (χ0n) is 10.3. The second-order valence-corrected chi connectivity index (χ2v) is 4.06. The van der Waals surface area contributed by atoms with Gasteiger partial charge < -0.3 is 10.1 Å². The minimum Gasteiger partial charge on any atom is -0.481 e. The van der Waals surface area contributed by atoms with Gasteiger partial charge in [-0.1, -0.05) is 11.6 Å². The highest BCUT2D eigenvalue weighted by Gasteiger charge is 2.07. The van der Waals surface area contributed by atoms with Gasteiger partial charge in [0.15, 0.2) is 0 Å². The van der Waals surface area contributed by atoms with Crippen molar-refractivity contribution in [3.05, 3.63) is 36.0 Å². The van der Waals surface area contributed by atoms with Crippen LogP contribution in [0.5, 0.6) is 5.88 Å². The van der Waals surface area contributed by atoms with Gasteiger partial charge in [-0.05, 0) is 32.4 Å². The van der Waals surface area contributed by atoms with Crippen molar-refractivity contribution in [2.24, 2.45) is 0 Å². The molecule has 0 aliphatic rings. The highest BCUT2D eigenvalue weighted by molar-refractivity contribution is 5.19. The molecule has 0 amide bonds. The fraction of sp³-hybridized carbons (Fsp3) is 0.462. The highest BCUT2D eigenvalue weighted by Crippen LogP contribution is 2.11. The van der Waals surface area contributed by atoms with E-state index in [1.54, 1.807) is 7.11 Å². The predicted octanol–water partition coefficient (Wildman–Crippen LogP) is 2.19. The molecule has 0 saturated carbocycles. The molecule has 1 aromatic rings. The van der Waals surface area contributed by atoms with Crippen LogP contribution in [0.4, 0.5) is 0 Å². The third-order valence-electron chi connectivity index (χ3n) is 2.49. The van der Waals surface area contributed by atoms with E-state index in [0.717, 1.165) is 12.8 Å². The SMILES string of the molecule is C=C(C)CC(Cc1ccc(OC)nc1)NC. The third kappa shape index (κ3) is 4.03. The van der Waals surface area contributed by atoms with Gasteiger partial charge in [0.05, 0.1) is 7.11 Å². The van der Waals surface area contributed by atoms with E-state index in [2.05, 4.69) is 29.9 Å². The molecule has 0 fully saturated rings. The summed E-state index contributed by atoms with van der Waals surface area (Å²) in [6.45, 7) is 5.99. The van der Waals surface area contributed by atoms with Gasteiger partial charge >= 0.3 is 0 Å². The van der Waals surface area contributed by atoms with Crippen LogP contribution in [0.1, 0.15) is 18.9 Å². The van der Waals surface area contributed by atoms with Crippen LogP contribution < -0.4 is 10.1 Å². The van der Waals surface area contributed by atoms with Gasteiger partial charge in [-0.25, -0.2) is 4.98 Å². The molecule has 1 unspecified atom stereocenters. The van der Waals surface area contributed by atoms with E-state index in [-0.39, 0.29) is 0 Å². The number of likely N-dealkylation sites (N-methyl/N-ethyl adjacent to an activating group) is 1. The van der Waals surface area contributed by atoms with Crippen molar-refractivity contribution in [1.82, 2.24) is 10.3 Å². The van der Waals surface area contributed by atoms with Crippen LogP contribution in [0.15, 0.2) is 30.5 Å². The zero-order chi connectivity index (χ0) is 12.0. The maximum Gasteiger partial charge on any atom is 0.212 e. The lowest BCUT2D eigenvalue weighted by Gasteiger charge is -2.16. The van der Waals surface area contributed by atoms with Crippen LogP contribution in [-0.4, -0.2) is 25.2 Å². The second-order valence-electron chi connectivity index (χ2n) is 4.06. The Morgan fingerprint density at radius 3 is 2.75 bits per heavy atom. The Morgan fingerprint density at radius 1 is 1.56 bits per heavy atom. The molecule has 3 heteroatoms. The van der Waals surface area contributed by atoms with Crippen LogP contribution in [0.3, 0.4) is 0 Å². The lowest BCUT2D eigenvalue weighted by molar-refractivity contribution is 0.397. The maximum atomic E-state index is 5.02. The first-order chi connectivity index (χ1) is 7.65. The van der Waals surface area contributed by atoms with E-state index < -0.39 is 0 Å². The molecule has 88 valence electrons. The first kappa shape index (κ1) is 12.7. The molecule has 0 aliphatic carbocycles. The molecule has 0 bridgehead atoms. The minimum atomic E-state index is 0.424. The molecule has 0 aromatic carbocycles. The molecular weight excluding hydrogens is 200 g/mol. The van der Waals surface area contributed by atoms with Crippen LogP contribution in [0.25, 0.3) is 0 Å². The van der Waals surface area contributed by atoms with Crippen molar-refractivity contribution < 1.29 is 4.74 Å². The van der Waals surface area contributed by atoms with Crippen molar-refractivity contribution >= 4 is 0 Å². The van der Waals surface area contributed by atoms with Crippen molar-refractivity contribution in [2.75, 3.05) is 14.2 Å². The molecule has 0 radical (unpaired) electrons. The molecule has 1 heterocycles. The Hall–Kier alpha value is -1.35. The third-order valence-corrected chi connectivity index (χ3v) is 2.49. The number of methoxy groups -OCH3 is 1. The van der Waals surface area contributed by atoms with E-state index in [9.17, 15) is 0 Å². The fourth-order valence-corrected chi connectivity index (χ4v) is 1.63. The quantitative estimate of drug-likeness (QED) is 0.746. The standard InChI is InChI=1S/C13H20N2O/c1-10(2)7-12(14-3)8-11-5-6-13(16-4)15-9-11/h5-6,9,12,14H,1,7-8H2,2-4H3. The predicted molar refractivity (Wildman–Crippen MR) is 66.8 cm³/mol. The largest absolute Gasteiger partial charge is 0.481 e. The van der Waals surface area contributed by atoms with E-state index in [4.69, 9.17) is 4.74 Å². The number of aromatic nitrogens is 1. The molecule has 1 N–H and O–H groups in total. The molecule has 0 spiro atoms. The topological polar surface area (TPSA) is 34.1 Å². The first-order valence-corrected chi connectivity index (χ1v) is 5.46. The lowest BCUT2D eigenvalue weighted by Crippen LogP contribution is -2.27. The number of pyridine rings is 1. The zero-order valence-corrected chi connectivity index (χ0v) is 10.3. The van der Waals surface area contributed by atoms with Gasteiger partial charge in [0.2, 0.25) is 5.88 Å². The normalized spacial score (nSPS) is 12.2. The Balaban J connectivity index is 2.59. The fourth-order valence-electron chi connectivity index (χ4n) is 1.63. The van der Waals surface area contributed by atoms with E-state index in [1.165, 1.54) is 11.1 Å². The van der Waals surface area contributed by atoms with E-state index >= 15 is 0 Å². The molecule has 0 saturated heterocycles. The number of nitrogens with one attached hydrogen (secondary N) is 1. The number of hydrogen-bond donors (Lipinski definition) is 1. The summed E-state index contributed by atoms with van der Waals surface area (Å²) in [5, 5.41) is 3.29. The van der Waals surface area contributed by atoms with Crippen LogP contribution >= 0.6 is 0 Å². The summed E-state index contributed by atoms with van der Waals surface area (Å²) in [7, 11) is 3.60. The van der Waals surface area contributed by atoms with Crippen molar-refractivity contribution in [1.29, 1.82) is 0 Å². The number of hydrogen-bond acceptors (Lipinski definition) is 3. The molecule has 0 aliphatic heterocycles. The summed E-state index contributed by atoms with van der Waals surface area (Å²) in [5.41, 5.74) is 2.40. The van der Waals surface area contributed by atoms with E-state index in [0.29, 0.717) is 11.9 Å². The lowest BCUT2D eigenvalue weighted by atomic mass is 10.0. The number of rotatable bonds is 6. The summed E-state index contributed by atoms with van der Waals surface area (Å²) in [5.74, 6) is 0.657. The number of nitrogens with zero attached hydrogens (tertiary/aromatic N) is 1. The summed E-state index contributed by atoms with van der Waals surface area (Å²) >= 11 is 0. The summed E-state index contributed by atoms with van der Waals surface area (Å²) < 4.78 is 5.02. The average Bonchev–Trinajstić information content (AvgIpc) is 2.28. The molecular formula is C13H20N2O. The Morgan fingerprint density at radius 2 is 2.31 bits per heavy atom. The molecule has 3 nitrogen and oxygen atoms in total. The number of ether oxygens (including phenoxy) is 1. The summed E-state index contributed by atoms with van der Waals surface area (Å²) in [6, 6.07) is 4.37. The molecule has 1 atom stereocenters. The average molecular weight is 220 g/mol. The smallest absolute Gasteiger partial charge is 0.212 e. The highest BCUT2D eigenvalue weighted by atomic mass is 16.5. The van der Waals surface area contributed by atoms with Gasteiger partial charge in [0.25, 0.3) is 0 Å². The maximum absolute atomic E-state index is 5.02. The Kier molecular flexibility index (Phi) is 4.99. The Bertz CT molecular complexity index is 332. The second kappa shape index (κ2) is 6.28. The van der Waals surface area contributed by atoms with Gasteiger partial charge in [-0.15, -0.1) is 6.58 Å². The first-order valence-electron chi connectivity index (χ1n) is 5.46. The minimum absolute atomic E-state index is 0.424. The monoisotopic (exact) mass is 220 g/mol. The summed E-state index contributed by atoms with van der Waals surface area (Å²) in [6.07, 6.45) is 3.81. The summed E-state index contributed by atoms with van der Waals surface area (Å²) in [4.78, 5) is 4.19. The van der Waals surface area contributed by atoms with Gasteiger partial charge in [-0.2, -0.15) is 0 Å². The molecule has 16 heavy (non-hydrogen) atoms. The molecule has 1 aromatic heterocycles. The van der Waals surface area contributed by atoms with Crippen molar-refractivity contribution in [3.8, 4) is 5.88 Å². The van der Waals surface area contributed by atoms with Crippen LogP contribution in [-0.2, 0) is 6.42 Å². The van der Waals surface area contributed by atoms with Gasteiger partial charge in [0.1, 0.15) is 0 Å². The van der Waals surface area contributed by atoms with Gasteiger partial charge in [0, 0.05) is 18.3 Å².